The number of hydrogen-bond acceptors (Lipinski definition) is 3. The molecular formula is C15H26N2S. The molecule has 0 heterocycles. The maximum absolute atomic E-state index is 3.50. The topological polar surface area (TPSA) is 15.3 Å². The molecule has 1 N–H and O–H groups in total. The third-order valence-electron chi connectivity index (χ3n) is 3.48. The Balaban J connectivity index is 2.41. The van der Waals surface area contributed by atoms with Crippen molar-refractivity contribution in [3.63, 3.8) is 0 Å². The fourth-order valence-electron chi connectivity index (χ4n) is 2.04. The lowest BCUT2D eigenvalue weighted by molar-refractivity contribution is 0.202. The highest BCUT2D eigenvalue weighted by Crippen LogP contribution is 2.12. The van der Waals surface area contributed by atoms with Crippen molar-refractivity contribution >= 4 is 17.4 Å². The number of thioether (sulfide) groups is 1. The predicted molar refractivity (Wildman–Crippen MR) is 84.6 cm³/mol. The Morgan fingerprint density at radius 2 is 1.94 bits per heavy atom. The van der Waals surface area contributed by atoms with Crippen LogP contribution in [0.1, 0.15) is 20.3 Å². The van der Waals surface area contributed by atoms with Crippen LogP contribution in [0, 0.1) is 0 Å². The zero-order valence-corrected chi connectivity index (χ0v) is 12.8. The number of para-hydroxylation sites is 1. The van der Waals surface area contributed by atoms with Crippen LogP contribution in [0.3, 0.4) is 0 Å². The summed E-state index contributed by atoms with van der Waals surface area (Å²) in [6, 6.07) is 11.6. The second kappa shape index (κ2) is 8.44. The Morgan fingerprint density at radius 1 is 1.28 bits per heavy atom. The summed E-state index contributed by atoms with van der Waals surface area (Å²) in [6.07, 6.45) is 3.40. The van der Waals surface area contributed by atoms with Gasteiger partial charge in [0.15, 0.2) is 0 Å². The molecule has 0 saturated heterocycles. The first-order valence-electron chi connectivity index (χ1n) is 6.68. The van der Waals surface area contributed by atoms with Crippen LogP contribution in [-0.2, 0) is 0 Å². The molecule has 18 heavy (non-hydrogen) atoms. The van der Waals surface area contributed by atoms with E-state index in [0.717, 1.165) is 6.54 Å². The Kier molecular flexibility index (Phi) is 7.21. The van der Waals surface area contributed by atoms with Crippen LogP contribution >= 0.6 is 11.8 Å². The highest BCUT2D eigenvalue weighted by Gasteiger charge is 2.17. The van der Waals surface area contributed by atoms with E-state index in [0.29, 0.717) is 12.1 Å². The van der Waals surface area contributed by atoms with Gasteiger partial charge in [-0.1, -0.05) is 25.1 Å². The molecule has 1 rings (SSSR count). The van der Waals surface area contributed by atoms with Gasteiger partial charge in [-0.15, -0.1) is 0 Å². The van der Waals surface area contributed by atoms with E-state index in [9.17, 15) is 0 Å². The van der Waals surface area contributed by atoms with Crippen molar-refractivity contribution in [3.05, 3.63) is 30.3 Å². The molecule has 2 nitrogen and oxygen atoms in total. The van der Waals surface area contributed by atoms with E-state index in [1.807, 2.05) is 17.8 Å². The number of likely N-dealkylation sites (N-methyl/N-ethyl adjacent to an activating group) is 1. The van der Waals surface area contributed by atoms with Crippen molar-refractivity contribution < 1.29 is 0 Å². The Bertz CT molecular complexity index is 316. The van der Waals surface area contributed by atoms with Crippen LogP contribution in [0.5, 0.6) is 0 Å². The standard InChI is InChI=1S/C15H26N2S/c1-5-15(12-18-4)17(3)13(2)11-16-14-9-7-6-8-10-14/h6-10,13,15-16H,5,11-12H2,1-4H3. The van der Waals surface area contributed by atoms with Gasteiger partial charge in [-0.2, -0.15) is 11.8 Å². The summed E-state index contributed by atoms with van der Waals surface area (Å²) in [5, 5.41) is 3.50. The molecule has 1 aromatic rings. The van der Waals surface area contributed by atoms with Crippen molar-refractivity contribution in [2.24, 2.45) is 0 Å². The first-order valence-corrected chi connectivity index (χ1v) is 8.08. The van der Waals surface area contributed by atoms with Crippen molar-refractivity contribution in [2.75, 3.05) is 30.9 Å². The van der Waals surface area contributed by atoms with Gasteiger partial charge in [-0.25, -0.2) is 0 Å². The summed E-state index contributed by atoms with van der Waals surface area (Å²) in [4.78, 5) is 2.49. The zero-order valence-electron chi connectivity index (χ0n) is 12.0. The highest BCUT2D eigenvalue weighted by molar-refractivity contribution is 7.98. The largest absolute Gasteiger partial charge is 0.383 e. The van der Waals surface area contributed by atoms with Crippen molar-refractivity contribution in [3.8, 4) is 0 Å². The quantitative estimate of drug-likeness (QED) is 0.774. The van der Waals surface area contributed by atoms with E-state index in [1.165, 1.54) is 17.9 Å². The van der Waals surface area contributed by atoms with Crippen LogP contribution < -0.4 is 5.32 Å². The number of anilines is 1. The summed E-state index contributed by atoms with van der Waals surface area (Å²) < 4.78 is 0. The minimum Gasteiger partial charge on any atom is -0.383 e. The van der Waals surface area contributed by atoms with Crippen molar-refractivity contribution in [2.45, 2.75) is 32.4 Å². The summed E-state index contributed by atoms with van der Waals surface area (Å²) in [5.41, 5.74) is 1.20. The second-order valence-electron chi connectivity index (χ2n) is 4.78. The van der Waals surface area contributed by atoms with E-state index >= 15 is 0 Å². The minimum atomic E-state index is 0.544. The van der Waals surface area contributed by atoms with E-state index < -0.39 is 0 Å². The maximum Gasteiger partial charge on any atom is 0.0340 e. The molecular weight excluding hydrogens is 240 g/mol. The monoisotopic (exact) mass is 266 g/mol. The first kappa shape index (κ1) is 15.4. The number of rotatable bonds is 8. The third-order valence-corrected chi connectivity index (χ3v) is 4.20. The van der Waals surface area contributed by atoms with Gasteiger partial charge >= 0.3 is 0 Å². The van der Waals surface area contributed by atoms with Gasteiger partial charge in [-0.05, 0) is 38.8 Å². The zero-order chi connectivity index (χ0) is 13.4. The molecule has 0 bridgehead atoms. The van der Waals surface area contributed by atoms with Crippen molar-refractivity contribution in [1.82, 2.24) is 4.90 Å². The second-order valence-corrected chi connectivity index (χ2v) is 5.69. The molecule has 102 valence electrons. The fourth-order valence-corrected chi connectivity index (χ4v) is 2.90. The molecule has 1 aromatic carbocycles. The third kappa shape index (κ3) is 4.91. The Morgan fingerprint density at radius 3 is 2.50 bits per heavy atom. The van der Waals surface area contributed by atoms with E-state index in [-0.39, 0.29) is 0 Å². The molecule has 3 heteroatoms. The predicted octanol–water partition coefficient (Wildman–Crippen LogP) is 3.56. The number of benzene rings is 1. The molecule has 0 amide bonds. The minimum absolute atomic E-state index is 0.544. The lowest BCUT2D eigenvalue weighted by Crippen LogP contribution is -2.43. The molecule has 0 saturated carbocycles. The van der Waals surface area contributed by atoms with Crippen LogP contribution in [0.2, 0.25) is 0 Å². The summed E-state index contributed by atoms with van der Waals surface area (Å²) in [5.74, 6) is 1.21. The van der Waals surface area contributed by atoms with Crippen LogP contribution in [0.4, 0.5) is 5.69 Å². The number of hydrogen-bond donors (Lipinski definition) is 1. The number of nitrogens with one attached hydrogen (secondary N) is 1. The molecule has 0 aliphatic heterocycles. The van der Waals surface area contributed by atoms with Gasteiger partial charge in [0.2, 0.25) is 0 Å². The smallest absolute Gasteiger partial charge is 0.0340 e. The maximum atomic E-state index is 3.50. The first-order chi connectivity index (χ1) is 8.69. The number of nitrogens with zero attached hydrogens (tertiary/aromatic N) is 1. The average Bonchev–Trinajstić information content (AvgIpc) is 2.42. The summed E-state index contributed by atoms with van der Waals surface area (Å²) in [6.45, 7) is 5.55. The van der Waals surface area contributed by atoms with Gasteiger partial charge in [0.25, 0.3) is 0 Å². The highest BCUT2D eigenvalue weighted by atomic mass is 32.2. The van der Waals surface area contributed by atoms with Crippen LogP contribution in [0.25, 0.3) is 0 Å². The van der Waals surface area contributed by atoms with Gasteiger partial charge in [0.05, 0.1) is 0 Å². The molecule has 0 aliphatic carbocycles. The van der Waals surface area contributed by atoms with E-state index in [2.05, 4.69) is 61.6 Å². The Hall–Kier alpha value is -0.670. The van der Waals surface area contributed by atoms with Gasteiger partial charge in [0, 0.05) is 30.1 Å². The van der Waals surface area contributed by atoms with Crippen LogP contribution in [-0.4, -0.2) is 42.6 Å². The lowest BCUT2D eigenvalue weighted by atomic mass is 10.1. The van der Waals surface area contributed by atoms with Crippen molar-refractivity contribution in [1.29, 1.82) is 0 Å². The molecule has 0 fully saturated rings. The Labute approximate surface area is 116 Å². The van der Waals surface area contributed by atoms with E-state index in [1.54, 1.807) is 0 Å². The molecule has 0 aliphatic rings. The average molecular weight is 266 g/mol. The van der Waals surface area contributed by atoms with Gasteiger partial charge < -0.3 is 5.32 Å². The summed E-state index contributed by atoms with van der Waals surface area (Å²) in [7, 11) is 2.24. The lowest BCUT2D eigenvalue weighted by Gasteiger charge is -2.32. The molecule has 2 atom stereocenters. The van der Waals surface area contributed by atoms with Crippen LogP contribution in [0.15, 0.2) is 30.3 Å². The fraction of sp³-hybridized carbons (Fsp3) is 0.600. The molecule has 0 aromatic heterocycles. The SMILES string of the molecule is CCC(CSC)N(C)C(C)CNc1ccccc1. The normalized spacial score (nSPS) is 14.5. The van der Waals surface area contributed by atoms with Gasteiger partial charge in [0.1, 0.15) is 0 Å². The van der Waals surface area contributed by atoms with Gasteiger partial charge in [-0.3, -0.25) is 4.90 Å². The van der Waals surface area contributed by atoms with E-state index in [4.69, 9.17) is 0 Å². The summed E-state index contributed by atoms with van der Waals surface area (Å²) >= 11 is 1.93. The molecule has 0 radical (unpaired) electrons. The molecule has 2 unspecified atom stereocenters. The molecule has 0 spiro atoms.